The van der Waals surface area contributed by atoms with Gasteiger partial charge in [-0.15, -0.1) is 0 Å². The SMILES string of the molecule is CC.CCCN(C)c1nc(F)ncc1C#CCCCNC(=O)CN(C)C(=O)OC(C)(C)C. The minimum absolute atomic E-state index is 0.0827. The van der Waals surface area contributed by atoms with Crippen molar-refractivity contribution in [2.45, 2.75) is 66.4 Å². The number of nitrogens with one attached hydrogen (secondary N) is 1. The van der Waals surface area contributed by atoms with Crippen LogP contribution in [0.25, 0.3) is 0 Å². The molecule has 1 rings (SSSR count). The summed E-state index contributed by atoms with van der Waals surface area (Å²) in [6, 6.07) is 0. The van der Waals surface area contributed by atoms with E-state index in [-0.39, 0.29) is 12.5 Å². The predicted molar refractivity (Wildman–Crippen MR) is 125 cm³/mol. The first kappa shape index (κ1) is 29.1. The van der Waals surface area contributed by atoms with Crippen LogP contribution in [0.3, 0.4) is 0 Å². The maximum Gasteiger partial charge on any atom is 0.410 e. The minimum Gasteiger partial charge on any atom is -0.444 e. The van der Waals surface area contributed by atoms with Gasteiger partial charge in [-0.1, -0.05) is 32.6 Å². The molecule has 0 saturated heterocycles. The average molecular weight is 452 g/mol. The summed E-state index contributed by atoms with van der Waals surface area (Å²) in [5.74, 6) is 6.17. The Morgan fingerprint density at radius 1 is 1.25 bits per heavy atom. The standard InChI is InChI=1S/C21H32FN5O3.C2H6/c1-7-13-26(5)18-16(14-24-19(22)25-18)11-9-8-10-12-23-17(28)15-27(6)20(29)30-21(2,3)4;1-2/h14H,7-8,10,12-13,15H2,1-6H3,(H,23,28);1-2H3. The Morgan fingerprint density at radius 3 is 2.50 bits per heavy atom. The zero-order valence-electron chi connectivity index (χ0n) is 20.7. The molecule has 1 aromatic heterocycles. The molecule has 9 heteroatoms. The van der Waals surface area contributed by atoms with Crippen molar-refractivity contribution in [1.29, 1.82) is 0 Å². The maximum atomic E-state index is 13.4. The number of amides is 2. The third-order valence-corrected chi connectivity index (χ3v) is 3.77. The number of ether oxygens (including phenoxy) is 1. The number of halogens is 1. The van der Waals surface area contributed by atoms with E-state index >= 15 is 0 Å². The van der Waals surface area contributed by atoms with Crippen molar-refractivity contribution in [3.05, 3.63) is 17.8 Å². The van der Waals surface area contributed by atoms with Crippen LogP contribution in [-0.4, -0.2) is 66.2 Å². The van der Waals surface area contributed by atoms with Crippen LogP contribution in [0, 0.1) is 17.9 Å². The second-order valence-corrected chi connectivity index (χ2v) is 7.89. The molecule has 1 N–H and O–H groups in total. The van der Waals surface area contributed by atoms with Crippen LogP contribution in [0.4, 0.5) is 15.0 Å². The van der Waals surface area contributed by atoms with Crippen LogP contribution in [0.1, 0.15) is 66.4 Å². The Bertz CT molecular complexity index is 784. The molecule has 0 aromatic carbocycles. The fourth-order valence-electron chi connectivity index (χ4n) is 2.41. The molecule has 0 bridgehead atoms. The molecule has 2 amide bonds. The summed E-state index contributed by atoms with van der Waals surface area (Å²) in [6.07, 6.45) is 2.13. The van der Waals surface area contributed by atoms with E-state index in [4.69, 9.17) is 4.74 Å². The molecule has 32 heavy (non-hydrogen) atoms. The number of hydrogen-bond donors (Lipinski definition) is 1. The summed E-state index contributed by atoms with van der Waals surface area (Å²) in [4.78, 5) is 34.3. The Hall–Kier alpha value is -2.89. The lowest BCUT2D eigenvalue weighted by molar-refractivity contribution is -0.122. The fraction of sp³-hybridized carbons (Fsp3) is 0.652. The van der Waals surface area contributed by atoms with E-state index in [9.17, 15) is 14.0 Å². The third kappa shape index (κ3) is 12.1. The third-order valence-electron chi connectivity index (χ3n) is 3.77. The topological polar surface area (TPSA) is 87.7 Å². The fourth-order valence-corrected chi connectivity index (χ4v) is 2.41. The molecule has 180 valence electrons. The zero-order valence-corrected chi connectivity index (χ0v) is 20.7. The smallest absolute Gasteiger partial charge is 0.410 e. The molecule has 0 aliphatic rings. The normalized spacial score (nSPS) is 10.2. The molecule has 0 aliphatic carbocycles. The molecular formula is C23H38FN5O3. The summed E-state index contributed by atoms with van der Waals surface area (Å²) in [7, 11) is 3.34. The van der Waals surface area contributed by atoms with Crippen LogP contribution >= 0.6 is 0 Å². The number of anilines is 1. The lowest BCUT2D eigenvalue weighted by atomic mass is 10.2. The number of unbranched alkanes of at least 4 members (excludes halogenated alkanes) is 1. The second kappa shape index (κ2) is 15.0. The summed E-state index contributed by atoms with van der Waals surface area (Å²) in [5, 5.41) is 2.75. The van der Waals surface area contributed by atoms with Crippen molar-refractivity contribution in [1.82, 2.24) is 20.2 Å². The van der Waals surface area contributed by atoms with Gasteiger partial charge in [0.25, 0.3) is 0 Å². The monoisotopic (exact) mass is 451 g/mol. The minimum atomic E-state index is -0.780. The number of nitrogens with zero attached hydrogens (tertiary/aromatic N) is 4. The first-order valence-electron chi connectivity index (χ1n) is 11.0. The number of likely N-dealkylation sites (N-methyl/N-ethyl adjacent to an activating group) is 1. The van der Waals surface area contributed by atoms with Crippen molar-refractivity contribution < 1.29 is 18.7 Å². The van der Waals surface area contributed by atoms with E-state index in [1.54, 1.807) is 20.8 Å². The highest BCUT2D eigenvalue weighted by molar-refractivity contribution is 5.82. The number of hydrogen-bond acceptors (Lipinski definition) is 6. The molecule has 0 radical (unpaired) electrons. The number of rotatable bonds is 8. The summed E-state index contributed by atoms with van der Waals surface area (Å²) in [6.45, 7) is 12.4. The van der Waals surface area contributed by atoms with Crippen molar-refractivity contribution in [3.63, 3.8) is 0 Å². The van der Waals surface area contributed by atoms with Gasteiger partial charge in [-0.2, -0.15) is 9.37 Å². The molecule has 0 spiro atoms. The molecular weight excluding hydrogens is 413 g/mol. The van der Waals surface area contributed by atoms with Gasteiger partial charge in [0, 0.05) is 33.6 Å². The Kier molecular flexibility index (Phi) is 13.6. The molecule has 8 nitrogen and oxygen atoms in total. The number of carbonyl (C=O) groups excluding carboxylic acids is 2. The molecule has 0 unspecified atom stereocenters. The number of aromatic nitrogens is 2. The average Bonchev–Trinajstić information content (AvgIpc) is 2.71. The highest BCUT2D eigenvalue weighted by atomic mass is 19.1. The van der Waals surface area contributed by atoms with Crippen molar-refractivity contribution in [2.75, 3.05) is 38.6 Å². The first-order chi connectivity index (χ1) is 15.0. The van der Waals surface area contributed by atoms with Crippen LogP contribution in [0.5, 0.6) is 0 Å². The summed E-state index contributed by atoms with van der Waals surface area (Å²) >= 11 is 0. The summed E-state index contributed by atoms with van der Waals surface area (Å²) < 4.78 is 18.6. The lowest BCUT2D eigenvalue weighted by Crippen LogP contribution is -2.41. The predicted octanol–water partition coefficient (Wildman–Crippen LogP) is 3.60. The van der Waals surface area contributed by atoms with Crippen molar-refractivity contribution in [3.8, 4) is 11.8 Å². The molecule has 0 atom stereocenters. The van der Waals surface area contributed by atoms with E-state index in [0.717, 1.165) is 13.0 Å². The van der Waals surface area contributed by atoms with Crippen LogP contribution in [0.15, 0.2) is 6.20 Å². The second-order valence-electron chi connectivity index (χ2n) is 7.89. The lowest BCUT2D eigenvalue weighted by Gasteiger charge is -2.24. The van der Waals surface area contributed by atoms with Gasteiger partial charge in [0.05, 0.1) is 11.8 Å². The van der Waals surface area contributed by atoms with Gasteiger partial charge in [0.1, 0.15) is 12.1 Å². The zero-order chi connectivity index (χ0) is 24.7. The Balaban J connectivity index is 0.00000466. The number of carbonyl (C=O) groups is 2. The molecule has 1 heterocycles. The van der Waals surface area contributed by atoms with E-state index in [2.05, 4.69) is 27.1 Å². The first-order valence-corrected chi connectivity index (χ1v) is 11.0. The van der Waals surface area contributed by atoms with Gasteiger partial charge in [0.2, 0.25) is 5.91 Å². The van der Waals surface area contributed by atoms with E-state index < -0.39 is 17.8 Å². The quantitative estimate of drug-likeness (QED) is 0.369. The maximum absolute atomic E-state index is 13.4. The van der Waals surface area contributed by atoms with E-state index in [1.165, 1.54) is 18.1 Å². The van der Waals surface area contributed by atoms with Gasteiger partial charge in [-0.3, -0.25) is 4.79 Å². The van der Waals surface area contributed by atoms with Gasteiger partial charge < -0.3 is 19.9 Å². The largest absolute Gasteiger partial charge is 0.444 e. The van der Waals surface area contributed by atoms with Crippen LogP contribution < -0.4 is 10.2 Å². The molecule has 1 aromatic rings. The van der Waals surface area contributed by atoms with Crippen LogP contribution in [0.2, 0.25) is 0 Å². The van der Waals surface area contributed by atoms with E-state index in [1.807, 2.05) is 32.7 Å². The summed E-state index contributed by atoms with van der Waals surface area (Å²) in [5.41, 5.74) is -0.0447. The van der Waals surface area contributed by atoms with Gasteiger partial charge in [0.15, 0.2) is 5.82 Å². The van der Waals surface area contributed by atoms with Gasteiger partial charge in [-0.05, 0) is 33.6 Å². The molecule has 0 saturated carbocycles. The Labute approximate surface area is 191 Å². The van der Waals surface area contributed by atoms with Gasteiger partial charge >= 0.3 is 12.2 Å². The van der Waals surface area contributed by atoms with Gasteiger partial charge in [-0.25, -0.2) is 9.78 Å². The van der Waals surface area contributed by atoms with Crippen LogP contribution in [-0.2, 0) is 9.53 Å². The van der Waals surface area contributed by atoms with E-state index in [0.29, 0.717) is 30.8 Å². The highest BCUT2D eigenvalue weighted by Gasteiger charge is 2.20. The van der Waals surface area contributed by atoms with Crippen molar-refractivity contribution in [2.24, 2.45) is 0 Å². The molecule has 0 aliphatic heterocycles. The van der Waals surface area contributed by atoms with Crippen molar-refractivity contribution >= 4 is 17.8 Å². The highest BCUT2D eigenvalue weighted by Crippen LogP contribution is 2.15. The Morgan fingerprint density at radius 2 is 1.91 bits per heavy atom. The molecule has 0 fully saturated rings.